The largest absolute Gasteiger partial charge is 0.395 e. The van der Waals surface area contributed by atoms with Gasteiger partial charge >= 0.3 is 0 Å². The molecule has 0 aromatic carbocycles. The summed E-state index contributed by atoms with van der Waals surface area (Å²) in [6, 6.07) is 0.570. The molecule has 0 spiro atoms. The van der Waals surface area contributed by atoms with E-state index in [1.165, 1.54) is 32.1 Å². The van der Waals surface area contributed by atoms with Crippen LogP contribution in [0.25, 0.3) is 0 Å². The third-order valence-corrected chi connectivity index (χ3v) is 2.06. The number of rotatable bonds is 3. The van der Waals surface area contributed by atoms with Crippen molar-refractivity contribution >= 4 is 0 Å². The molecule has 1 radical (unpaired) electrons. The van der Waals surface area contributed by atoms with Gasteiger partial charge in [-0.3, -0.25) is 0 Å². The molecule has 0 saturated heterocycles. The van der Waals surface area contributed by atoms with Crippen molar-refractivity contribution in [3.8, 4) is 0 Å². The molecule has 0 aromatic heterocycles. The average Bonchev–Trinajstić information content (AvgIpc) is 2.03. The number of nitrogens with zero attached hydrogens (tertiary/aromatic N) is 1. The molecule has 1 aliphatic carbocycles. The lowest BCUT2D eigenvalue weighted by Gasteiger charge is -2.20. The quantitative estimate of drug-likeness (QED) is 0.624. The minimum Gasteiger partial charge on any atom is -0.395 e. The Bertz CT molecular complexity index is 79.3. The molecule has 1 fully saturated rings. The minimum absolute atomic E-state index is 0.219. The normalized spacial score (nSPS) is 21.3. The summed E-state index contributed by atoms with van der Waals surface area (Å²) in [5.74, 6) is 0. The summed E-state index contributed by atoms with van der Waals surface area (Å²) in [6.07, 6.45) is 6.55. The van der Waals surface area contributed by atoms with Crippen molar-refractivity contribution in [3.05, 3.63) is 0 Å². The fraction of sp³-hybridized carbons (Fsp3) is 1.00. The Morgan fingerprint density at radius 3 is 2.50 bits per heavy atom. The van der Waals surface area contributed by atoms with E-state index in [-0.39, 0.29) is 6.61 Å². The smallest absolute Gasteiger partial charge is 0.0572 e. The first-order chi connectivity index (χ1) is 4.93. The van der Waals surface area contributed by atoms with Crippen molar-refractivity contribution < 1.29 is 5.11 Å². The Labute approximate surface area is 62.6 Å². The van der Waals surface area contributed by atoms with E-state index in [4.69, 9.17) is 5.11 Å². The molecule has 10 heavy (non-hydrogen) atoms. The van der Waals surface area contributed by atoms with Gasteiger partial charge in [0.15, 0.2) is 0 Å². The predicted molar refractivity (Wildman–Crippen MR) is 41.0 cm³/mol. The molecule has 0 bridgehead atoms. The Hall–Kier alpha value is -0.0800. The van der Waals surface area contributed by atoms with Gasteiger partial charge in [0, 0.05) is 12.6 Å². The molecule has 1 aliphatic rings. The summed E-state index contributed by atoms with van der Waals surface area (Å²) in [7, 11) is 0. The summed E-state index contributed by atoms with van der Waals surface area (Å²) in [5, 5.41) is 12.9. The van der Waals surface area contributed by atoms with Gasteiger partial charge in [0.25, 0.3) is 0 Å². The Morgan fingerprint density at radius 1 is 1.20 bits per heavy atom. The van der Waals surface area contributed by atoms with E-state index in [0.29, 0.717) is 12.6 Å². The summed E-state index contributed by atoms with van der Waals surface area (Å²) in [4.78, 5) is 0. The van der Waals surface area contributed by atoms with Gasteiger partial charge in [-0.2, -0.15) is 0 Å². The van der Waals surface area contributed by atoms with Crippen molar-refractivity contribution in [1.82, 2.24) is 5.32 Å². The van der Waals surface area contributed by atoms with E-state index in [0.717, 1.165) is 0 Å². The molecular formula is C8H16NO. The first-order valence-electron chi connectivity index (χ1n) is 4.21. The van der Waals surface area contributed by atoms with Crippen molar-refractivity contribution in [2.45, 2.75) is 38.1 Å². The third kappa shape index (κ3) is 2.67. The molecule has 1 saturated carbocycles. The summed E-state index contributed by atoms with van der Waals surface area (Å²) >= 11 is 0. The molecule has 0 unspecified atom stereocenters. The second kappa shape index (κ2) is 4.69. The summed E-state index contributed by atoms with van der Waals surface area (Å²) < 4.78 is 0. The molecule has 0 heterocycles. The number of hydrogen-bond acceptors (Lipinski definition) is 1. The van der Waals surface area contributed by atoms with Crippen molar-refractivity contribution in [2.24, 2.45) is 0 Å². The minimum atomic E-state index is 0.219. The number of hydrogen-bond donors (Lipinski definition) is 1. The number of aliphatic hydroxyl groups is 1. The summed E-state index contributed by atoms with van der Waals surface area (Å²) in [6.45, 7) is 0.862. The fourth-order valence-electron chi connectivity index (χ4n) is 1.50. The Balaban J connectivity index is 2.02. The lowest BCUT2D eigenvalue weighted by atomic mass is 9.96. The van der Waals surface area contributed by atoms with Crippen LogP contribution in [0.15, 0.2) is 0 Å². The molecule has 59 valence electrons. The highest BCUT2D eigenvalue weighted by Crippen LogP contribution is 2.17. The molecule has 0 aromatic rings. The van der Waals surface area contributed by atoms with Crippen molar-refractivity contribution in [2.75, 3.05) is 13.2 Å². The fourth-order valence-corrected chi connectivity index (χ4v) is 1.50. The Kier molecular flexibility index (Phi) is 3.76. The van der Waals surface area contributed by atoms with Gasteiger partial charge in [-0.15, -0.1) is 0 Å². The van der Waals surface area contributed by atoms with E-state index in [1.54, 1.807) is 0 Å². The third-order valence-electron chi connectivity index (χ3n) is 2.06. The van der Waals surface area contributed by atoms with Crippen LogP contribution in [0.5, 0.6) is 0 Å². The van der Waals surface area contributed by atoms with E-state index < -0.39 is 0 Å². The lowest BCUT2D eigenvalue weighted by molar-refractivity contribution is 0.268. The van der Waals surface area contributed by atoms with Crippen molar-refractivity contribution in [3.63, 3.8) is 0 Å². The van der Waals surface area contributed by atoms with Crippen LogP contribution in [0.4, 0.5) is 0 Å². The van der Waals surface area contributed by atoms with Gasteiger partial charge in [0.1, 0.15) is 0 Å². The van der Waals surface area contributed by atoms with Crippen molar-refractivity contribution in [1.29, 1.82) is 0 Å². The zero-order chi connectivity index (χ0) is 7.23. The highest BCUT2D eigenvalue weighted by Gasteiger charge is 2.12. The van der Waals surface area contributed by atoms with Gasteiger partial charge in [-0.1, -0.05) is 19.3 Å². The average molecular weight is 142 g/mol. The highest BCUT2D eigenvalue weighted by atomic mass is 16.3. The molecule has 1 N–H and O–H groups in total. The van der Waals surface area contributed by atoms with Crippen LogP contribution >= 0.6 is 0 Å². The monoisotopic (exact) mass is 142 g/mol. The van der Waals surface area contributed by atoms with Gasteiger partial charge < -0.3 is 5.11 Å². The van der Waals surface area contributed by atoms with Crippen LogP contribution in [-0.4, -0.2) is 24.3 Å². The van der Waals surface area contributed by atoms with E-state index in [2.05, 4.69) is 5.32 Å². The van der Waals surface area contributed by atoms with Crippen LogP contribution in [0.3, 0.4) is 0 Å². The molecule has 1 rings (SSSR count). The maximum Gasteiger partial charge on any atom is 0.0572 e. The van der Waals surface area contributed by atoms with Crippen LogP contribution in [0, 0.1) is 0 Å². The first kappa shape index (κ1) is 8.02. The highest BCUT2D eigenvalue weighted by molar-refractivity contribution is 4.70. The molecule has 2 heteroatoms. The van der Waals surface area contributed by atoms with Crippen LogP contribution < -0.4 is 5.32 Å². The molecular weight excluding hydrogens is 126 g/mol. The first-order valence-corrected chi connectivity index (χ1v) is 4.21. The van der Waals surface area contributed by atoms with E-state index in [1.807, 2.05) is 0 Å². The molecule has 0 aliphatic heterocycles. The lowest BCUT2D eigenvalue weighted by Crippen LogP contribution is -2.26. The van der Waals surface area contributed by atoms with Gasteiger partial charge in [0.05, 0.1) is 6.61 Å². The number of aliphatic hydroxyl groups excluding tert-OH is 1. The Morgan fingerprint density at radius 2 is 1.90 bits per heavy atom. The SMILES string of the molecule is OCC[N]C1CCCCC1. The van der Waals surface area contributed by atoms with Crippen LogP contribution in [0.2, 0.25) is 0 Å². The predicted octanol–water partition coefficient (Wildman–Crippen LogP) is 0.916. The van der Waals surface area contributed by atoms with E-state index >= 15 is 0 Å². The molecule has 2 nitrogen and oxygen atoms in total. The van der Waals surface area contributed by atoms with Crippen LogP contribution in [0.1, 0.15) is 32.1 Å². The maximum atomic E-state index is 8.50. The van der Waals surface area contributed by atoms with E-state index in [9.17, 15) is 0 Å². The van der Waals surface area contributed by atoms with Gasteiger partial charge in [-0.05, 0) is 12.8 Å². The van der Waals surface area contributed by atoms with Gasteiger partial charge in [-0.25, -0.2) is 5.32 Å². The summed E-state index contributed by atoms with van der Waals surface area (Å²) in [5.41, 5.74) is 0. The zero-order valence-corrected chi connectivity index (χ0v) is 6.42. The molecule has 0 atom stereocenters. The molecule has 0 amide bonds. The second-order valence-corrected chi connectivity index (χ2v) is 2.92. The van der Waals surface area contributed by atoms with Crippen LogP contribution in [-0.2, 0) is 0 Å². The zero-order valence-electron chi connectivity index (χ0n) is 6.42. The standard InChI is InChI=1S/C8H16NO/c10-7-6-9-8-4-2-1-3-5-8/h8,10H,1-7H2. The maximum absolute atomic E-state index is 8.50. The van der Waals surface area contributed by atoms with Gasteiger partial charge in [0.2, 0.25) is 0 Å². The topological polar surface area (TPSA) is 34.3 Å². The second-order valence-electron chi connectivity index (χ2n) is 2.92.